The lowest BCUT2D eigenvalue weighted by Gasteiger charge is -2.19. The molecule has 1 atom stereocenters. The number of nitrogens with one attached hydrogen (secondary N) is 3. The van der Waals surface area contributed by atoms with Crippen LogP contribution in [0.15, 0.2) is 48.7 Å². The average molecular weight is 442 g/mol. The van der Waals surface area contributed by atoms with Crippen LogP contribution in [-0.4, -0.2) is 23.2 Å². The zero-order valence-electron chi connectivity index (χ0n) is 17.1. The van der Waals surface area contributed by atoms with Crippen LogP contribution in [0.1, 0.15) is 24.5 Å². The van der Waals surface area contributed by atoms with Gasteiger partial charge in [-0.2, -0.15) is 4.98 Å². The summed E-state index contributed by atoms with van der Waals surface area (Å²) in [6.45, 7) is 4.98. The van der Waals surface area contributed by atoms with E-state index in [4.69, 9.17) is 16.1 Å². The number of nitrogens with zero attached hydrogens (tertiary/aromatic N) is 2. The second-order valence-electron chi connectivity index (χ2n) is 7.15. The molecule has 1 aliphatic heterocycles. The van der Waals surface area contributed by atoms with Crippen molar-refractivity contribution in [3.63, 3.8) is 0 Å². The number of aromatic nitrogens is 2. The number of anilines is 5. The van der Waals surface area contributed by atoms with E-state index in [9.17, 15) is 0 Å². The highest BCUT2D eigenvalue weighted by molar-refractivity contribution is 7.53. The molecule has 3 aromatic rings. The van der Waals surface area contributed by atoms with Gasteiger partial charge < -0.3 is 20.2 Å². The molecule has 3 N–H and O–H groups in total. The summed E-state index contributed by atoms with van der Waals surface area (Å²) in [7, 11) is -0.726. The fraction of sp³-hybridized carbons (Fsp3) is 0.273. The summed E-state index contributed by atoms with van der Waals surface area (Å²) in [6, 6.07) is 14.6. The van der Waals surface area contributed by atoms with E-state index >= 15 is 0 Å². The summed E-state index contributed by atoms with van der Waals surface area (Å²) < 4.78 is 5.87. The Labute approximate surface area is 183 Å². The fourth-order valence-electron chi connectivity index (χ4n) is 3.28. The second kappa shape index (κ2) is 9.61. The SMILES string of the molecule is CCCOP(C)Nc1ccc2cc1CCc1cccc(c1)Nc1ncc(Cl)c(n1)N2. The molecule has 0 aliphatic carbocycles. The number of fused-ring (bicyclic) bond motifs is 6. The van der Waals surface area contributed by atoms with E-state index in [-0.39, 0.29) is 0 Å². The Morgan fingerprint density at radius 2 is 2.00 bits per heavy atom. The number of rotatable bonds is 5. The maximum Gasteiger partial charge on any atom is 0.229 e. The number of aryl methyl sites for hydroxylation is 2. The first-order valence-electron chi connectivity index (χ1n) is 10.0. The summed E-state index contributed by atoms with van der Waals surface area (Å²) in [5.74, 6) is 1.07. The lowest BCUT2D eigenvalue weighted by atomic mass is 10.0. The van der Waals surface area contributed by atoms with Crippen LogP contribution < -0.4 is 15.7 Å². The van der Waals surface area contributed by atoms with Crippen LogP contribution in [0.4, 0.5) is 28.8 Å². The predicted octanol–water partition coefficient (Wildman–Crippen LogP) is 6.50. The molecule has 0 radical (unpaired) electrons. The minimum atomic E-state index is -0.726. The molecular formula is C22H25ClN5OP. The van der Waals surface area contributed by atoms with Gasteiger partial charge in [0.05, 0.1) is 12.8 Å². The Balaban J connectivity index is 1.70. The molecule has 156 valence electrons. The van der Waals surface area contributed by atoms with E-state index < -0.39 is 8.30 Å². The van der Waals surface area contributed by atoms with Crippen molar-refractivity contribution >= 4 is 48.7 Å². The van der Waals surface area contributed by atoms with Gasteiger partial charge in [0, 0.05) is 17.1 Å². The van der Waals surface area contributed by atoms with Gasteiger partial charge in [0.25, 0.3) is 0 Å². The second-order valence-corrected chi connectivity index (χ2v) is 9.04. The summed E-state index contributed by atoms with van der Waals surface area (Å²) in [5.41, 5.74) is 5.46. The summed E-state index contributed by atoms with van der Waals surface area (Å²) in [5, 5.41) is 10.6. The first kappa shape index (κ1) is 20.9. The lowest BCUT2D eigenvalue weighted by molar-refractivity contribution is 0.356. The normalized spacial score (nSPS) is 13.7. The molecule has 8 heteroatoms. The van der Waals surface area contributed by atoms with Gasteiger partial charge in [0.2, 0.25) is 5.95 Å². The van der Waals surface area contributed by atoms with Crippen LogP contribution in [0.25, 0.3) is 0 Å². The molecule has 30 heavy (non-hydrogen) atoms. The smallest absolute Gasteiger partial charge is 0.229 e. The van der Waals surface area contributed by atoms with Crippen LogP contribution >= 0.6 is 19.9 Å². The minimum absolute atomic E-state index is 0.470. The lowest BCUT2D eigenvalue weighted by Crippen LogP contribution is -2.03. The van der Waals surface area contributed by atoms with Gasteiger partial charge in [-0.1, -0.05) is 30.7 Å². The topological polar surface area (TPSA) is 71.1 Å². The summed E-state index contributed by atoms with van der Waals surface area (Å²) in [6.07, 6.45) is 4.44. The van der Waals surface area contributed by atoms with Gasteiger partial charge in [-0.05, 0) is 67.4 Å². The molecule has 1 aromatic heterocycles. The maximum atomic E-state index is 6.34. The van der Waals surface area contributed by atoms with Crippen molar-refractivity contribution in [3.05, 3.63) is 64.8 Å². The highest BCUT2D eigenvalue weighted by atomic mass is 35.5. The van der Waals surface area contributed by atoms with Crippen LogP contribution in [0, 0.1) is 0 Å². The van der Waals surface area contributed by atoms with Crippen molar-refractivity contribution in [2.75, 3.05) is 29.0 Å². The highest BCUT2D eigenvalue weighted by Gasteiger charge is 2.12. The molecule has 1 aliphatic rings. The van der Waals surface area contributed by atoms with Crippen LogP contribution in [0.5, 0.6) is 0 Å². The minimum Gasteiger partial charge on any atom is -0.343 e. The standard InChI is InChI=1S/C22H25ClN5OP/c1-3-11-29-30(2)28-20-10-9-18-13-16(20)8-7-15-5-4-6-17(12-15)26-22-24-14-19(23)21(25-18)27-22/h4-6,9-10,12-14,28H,3,7-8,11H2,1-2H3,(H2,24,25,26,27). The van der Waals surface area contributed by atoms with E-state index in [1.807, 2.05) is 18.2 Å². The molecule has 6 bridgehead atoms. The molecule has 1 unspecified atom stereocenters. The molecule has 0 saturated heterocycles. The summed E-state index contributed by atoms with van der Waals surface area (Å²) >= 11 is 6.34. The van der Waals surface area contributed by atoms with Crippen molar-refractivity contribution in [1.29, 1.82) is 0 Å². The Kier molecular flexibility index (Phi) is 6.68. The van der Waals surface area contributed by atoms with Gasteiger partial charge in [0.15, 0.2) is 5.82 Å². The maximum absolute atomic E-state index is 6.34. The van der Waals surface area contributed by atoms with E-state index in [0.29, 0.717) is 16.8 Å². The van der Waals surface area contributed by atoms with Crippen LogP contribution in [0.2, 0.25) is 5.02 Å². The number of hydrogen-bond donors (Lipinski definition) is 3. The Hall–Kier alpha value is -2.40. The monoisotopic (exact) mass is 441 g/mol. The molecule has 2 heterocycles. The Morgan fingerprint density at radius 1 is 1.13 bits per heavy atom. The van der Waals surface area contributed by atoms with Crippen LogP contribution in [0.3, 0.4) is 0 Å². The number of hydrogen-bond acceptors (Lipinski definition) is 6. The third-order valence-corrected chi connectivity index (χ3v) is 6.15. The number of halogens is 1. The first-order valence-corrected chi connectivity index (χ1v) is 12.1. The largest absolute Gasteiger partial charge is 0.343 e. The third-order valence-electron chi connectivity index (χ3n) is 4.75. The highest BCUT2D eigenvalue weighted by Crippen LogP contribution is 2.37. The molecular weight excluding hydrogens is 417 g/mol. The molecule has 0 spiro atoms. The summed E-state index contributed by atoms with van der Waals surface area (Å²) in [4.78, 5) is 8.85. The van der Waals surface area contributed by atoms with Gasteiger partial charge in [-0.15, -0.1) is 0 Å². The third kappa shape index (κ3) is 5.20. The van der Waals surface area contributed by atoms with Crippen molar-refractivity contribution in [1.82, 2.24) is 9.97 Å². The number of benzene rings is 2. The molecule has 0 amide bonds. The fourth-order valence-corrected chi connectivity index (χ4v) is 4.50. The molecule has 0 fully saturated rings. The Bertz CT molecular complexity index is 1030. The van der Waals surface area contributed by atoms with Crippen molar-refractivity contribution in [2.24, 2.45) is 0 Å². The van der Waals surface area contributed by atoms with Gasteiger partial charge in [0.1, 0.15) is 13.3 Å². The molecule has 6 nitrogen and oxygen atoms in total. The molecule has 4 rings (SSSR count). The van der Waals surface area contributed by atoms with Crippen LogP contribution in [-0.2, 0) is 17.4 Å². The van der Waals surface area contributed by atoms with Crippen molar-refractivity contribution in [3.8, 4) is 0 Å². The average Bonchev–Trinajstić information content (AvgIpc) is 2.75. The molecule has 0 saturated carbocycles. The van der Waals surface area contributed by atoms with Gasteiger partial charge in [-0.3, -0.25) is 0 Å². The van der Waals surface area contributed by atoms with E-state index in [0.717, 1.165) is 42.9 Å². The van der Waals surface area contributed by atoms with E-state index in [1.54, 1.807) is 6.20 Å². The zero-order valence-corrected chi connectivity index (χ0v) is 18.7. The Morgan fingerprint density at radius 3 is 2.87 bits per heavy atom. The van der Waals surface area contributed by atoms with Crippen molar-refractivity contribution in [2.45, 2.75) is 26.2 Å². The van der Waals surface area contributed by atoms with E-state index in [2.05, 4.69) is 63.5 Å². The quantitative estimate of drug-likeness (QED) is 0.393. The van der Waals surface area contributed by atoms with Crippen molar-refractivity contribution < 1.29 is 4.52 Å². The van der Waals surface area contributed by atoms with Gasteiger partial charge in [-0.25, -0.2) is 4.98 Å². The van der Waals surface area contributed by atoms with E-state index in [1.165, 1.54) is 11.1 Å². The predicted molar refractivity (Wildman–Crippen MR) is 127 cm³/mol. The van der Waals surface area contributed by atoms with Gasteiger partial charge >= 0.3 is 0 Å². The molecule has 2 aromatic carbocycles. The zero-order chi connectivity index (χ0) is 20.9. The first-order chi connectivity index (χ1) is 14.6.